The summed E-state index contributed by atoms with van der Waals surface area (Å²) in [6.07, 6.45) is 1.77. The number of rotatable bonds is 2. The first-order valence-electron chi connectivity index (χ1n) is 8.50. The molecule has 0 atom stereocenters. The summed E-state index contributed by atoms with van der Waals surface area (Å²) in [6, 6.07) is 16.7. The normalized spacial score (nSPS) is 11.3. The monoisotopic (exact) mass is 354 g/mol. The van der Waals surface area contributed by atoms with Crippen LogP contribution >= 0.6 is 0 Å². The third-order valence-electron chi connectivity index (χ3n) is 4.41. The van der Waals surface area contributed by atoms with Crippen molar-refractivity contribution >= 4 is 22.1 Å². The van der Waals surface area contributed by atoms with Gasteiger partial charge in [0.05, 0.1) is 5.52 Å². The van der Waals surface area contributed by atoms with Crippen LogP contribution in [0.5, 0.6) is 0 Å². The van der Waals surface area contributed by atoms with Gasteiger partial charge in [0.15, 0.2) is 11.4 Å². The van der Waals surface area contributed by atoms with E-state index in [1.807, 2.05) is 49.4 Å². The molecular formula is C21H14N4O2. The van der Waals surface area contributed by atoms with Gasteiger partial charge in [0.1, 0.15) is 22.7 Å². The Morgan fingerprint density at radius 2 is 1.81 bits per heavy atom. The average Bonchev–Trinajstić information content (AvgIpc) is 3.13. The third-order valence-corrected chi connectivity index (χ3v) is 4.41. The van der Waals surface area contributed by atoms with Crippen molar-refractivity contribution in [3.05, 3.63) is 76.9 Å². The number of benzene rings is 1. The highest BCUT2D eigenvalue weighted by Crippen LogP contribution is 2.32. The van der Waals surface area contributed by atoms with Crippen molar-refractivity contribution in [3.8, 4) is 22.7 Å². The Balaban J connectivity index is 1.82. The lowest BCUT2D eigenvalue weighted by Gasteiger charge is -2.09. The summed E-state index contributed by atoms with van der Waals surface area (Å²) < 4.78 is 5.79. The zero-order valence-electron chi connectivity index (χ0n) is 14.4. The number of pyridine rings is 2. The van der Waals surface area contributed by atoms with Gasteiger partial charge >= 0.3 is 0 Å². The lowest BCUT2D eigenvalue weighted by Crippen LogP contribution is -2.06. The van der Waals surface area contributed by atoms with E-state index in [-0.39, 0.29) is 5.56 Å². The van der Waals surface area contributed by atoms with Crippen LogP contribution in [0.4, 0.5) is 0 Å². The molecule has 0 aliphatic carbocycles. The van der Waals surface area contributed by atoms with Crippen LogP contribution in [0.1, 0.15) is 5.76 Å². The Morgan fingerprint density at radius 1 is 0.926 bits per heavy atom. The Hall–Kier alpha value is -3.80. The quantitative estimate of drug-likeness (QED) is 0.516. The maximum atomic E-state index is 11.7. The fraction of sp³-hybridized carbons (Fsp3) is 0.0476. The number of hydrogen-bond donors (Lipinski definition) is 1. The summed E-state index contributed by atoms with van der Waals surface area (Å²) in [5.74, 6) is 1.38. The molecule has 0 radical (unpaired) electrons. The van der Waals surface area contributed by atoms with Crippen LogP contribution in [0.25, 0.3) is 44.8 Å². The van der Waals surface area contributed by atoms with Gasteiger partial charge in [-0.25, -0.2) is 9.97 Å². The topological polar surface area (TPSA) is 84.7 Å². The molecule has 0 bridgehead atoms. The van der Waals surface area contributed by atoms with E-state index in [0.29, 0.717) is 28.3 Å². The zero-order chi connectivity index (χ0) is 18.4. The molecule has 0 saturated heterocycles. The summed E-state index contributed by atoms with van der Waals surface area (Å²) in [5.41, 5.74) is 3.91. The molecule has 5 aromatic rings. The molecule has 5 rings (SSSR count). The van der Waals surface area contributed by atoms with E-state index < -0.39 is 0 Å². The second-order valence-electron chi connectivity index (χ2n) is 6.30. The van der Waals surface area contributed by atoms with Gasteiger partial charge in [-0.1, -0.05) is 12.1 Å². The number of nitrogens with zero attached hydrogens (tertiary/aromatic N) is 3. The van der Waals surface area contributed by atoms with Gasteiger partial charge in [-0.2, -0.15) is 0 Å². The third kappa shape index (κ3) is 2.67. The van der Waals surface area contributed by atoms with Crippen molar-refractivity contribution in [1.82, 2.24) is 19.9 Å². The van der Waals surface area contributed by atoms with Gasteiger partial charge in [0.25, 0.3) is 0 Å². The smallest absolute Gasteiger partial charge is 0.249 e. The highest BCUT2D eigenvalue weighted by atomic mass is 16.3. The van der Waals surface area contributed by atoms with E-state index in [9.17, 15) is 4.79 Å². The molecule has 0 amide bonds. The molecule has 0 aliphatic rings. The number of furan rings is 1. The molecular weight excluding hydrogens is 340 g/mol. The summed E-state index contributed by atoms with van der Waals surface area (Å²) in [5, 5.41) is 1.01. The zero-order valence-corrected chi connectivity index (χ0v) is 14.4. The van der Waals surface area contributed by atoms with Gasteiger partial charge in [-0.15, -0.1) is 0 Å². The largest absolute Gasteiger partial charge is 0.460 e. The second-order valence-corrected chi connectivity index (χ2v) is 6.30. The summed E-state index contributed by atoms with van der Waals surface area (Å²) in [7, 11) is 0. The molecule has 6 heteroatoms. The molecule has 0 unspecified atom stereocenters. The molecule has 1 N–H and O–H groups in total. The molecule has 0 saturated carbocycles. The SMILES string of the molecule is Cc1ccc(-c2nc3[nH]c(=O)ccc3nc2-c2ccc3ncccc3c2)o1. The van der Waals surface area contributed by atoms with Gasteiger partial charge < -0.3 is 9.40 Å². The Labute approximate surface area is 153 Å². The first kappa shape index (κ1) is 15.5. The first-order chi connectivity index (χ1) is 13.2. The lowest BCUT2D eigenvalue weighted by molar-refractivity contribution is 0.546. The van der Waals surface area contributed by atoms with Crippen LogP contribution in [-0.4, -0.2) is 19.9 Å². The van der Waals surface area contributed by atoms with E-state index in [1.165, 1.54) is 6.07 Å². The van der Waals surface area contributed by atoms with Crippen molar-refractivity contribution in [2.75, 3.05) is 0 Å². The Morgan fingerprint density at radius 3 is 2.67 bits per heavy atom. The predicted octanol–water partition coefficient (Wildman–Crippen LogP) is 4.10. The number of H-pyrrole nitrogens is 1. The van der Waals surface area contributed by atoms with E-state index in [2.05, 4.69) is 15.0 Å². The van der Waals surface area contributed by atoms with E-state index >= 15 is 0 Å². The highest BCUT2D eigenvalue weighted by molar-refractivity contribution is 5.88. The fourth-order valence-corrected chi connectivity index (χ4v) is 3.13. The minimum absolute atomic E-state index is 0.220. The van der Waals surface area contributed by atoms with Crippen LogP contribution in [0.3, 0.4) is 0 Å². The minimum atomic E-state index is -0.220. The molecule has 0 spiro atoms. The number of aromatic nitrogens is 4. The maximum absolute atomic E-state index is 11.7. The van der Waals surface area contributed by atoms with Crippen molar-refractivity contribution in [1.29, 1.82) is 0 Å². The van der Waals surface area contributed by atoms with Gasteiger partial charge in [-0.3, -0.25) is 9.78 Å². The standard InChI is InChI=1S/C21H14N4O2/c1-12-4-8-17(27-12)20-19(23-16-7-9-18(26)24-21(16)25-20)14-5-6-15-13(11-14)3-2-10-22-15/h2-11H,1H3,(H,24,25,26). The molecule has 4 heterocycles. The average molecular weight is 354 g/mol. The van der Waals surface area contributed by atoms with Crippen molar-refractivity contribution in [2.45, 2.75) is 6.92 Å². The number of nitrogens with one attached hydrogen (secondary N) is 1. The molecule has 1 aromatic carbocycles. The van der Waals surface area contributed by atoms with Crippen molar-refractivity contribution in [3.63, 3.8) is 0 Å². The van der Waals surface area contributed by atoms with Gasteiger partial charge in [-0.05, 0) is 43.3 Å². The number of aryl methyl sites for hydroxylation is 1. The van der Waals surface area contributed by atoms with Gasteiger partial charge in [0, 0.05) is 23.2 Å². The maximum Gasteiger partial charge on any atom is 0.249 e. The first-order valence-corrected chi connectivity index (χ1v) is 8.50. The van der Waals surface area contributed by atoms with Crippen molar-refractivity contribution in [2.24, 2.45) is 0 Å². The molecule has 0 fully saturated rings. The second kappa shape index (κ2) is 5.88. The van der Waals surface area contributed by atoms with E-state index in [0.717, 1.165) is 22.2 Å². The summed E-state index contributed by atoms with van der Waals surface area (Å²) in [6.45, 7) is 1.88. The minimum Gasteiger partial charge on any atom is -0.460 e. The van der Waals surface area contributed by atoms with E-state index in [4.69, 9.17) is 9.40 Å². The van der Waals surface area contributed by atoms with E-state index in [1.54, 1.807) is 12.3 Å². The van der Waals surface area contributed by atoms with Crippen LogP contribution in [-0.2, 0) is 0 Å². The molecule has 130 valence electrons. The predicted molar refractivity (Wildman–Crippen MR) is 103 cm³/mol. The van der Waals surface area contributed by atoms with Gasteiger partial charge in [0.2, 0.25) is 5.56 Å². The summed E-state index contributed by atoms with van der Waals surface area (Å²) >= 11 is 0. The van der Waals surface area contributed by atoms with Crippen LogP contribution in [0, 0.1) is 6.92 Å². The molecule has 27 heavy (non-hydrogen) atoms. The van der Waals surface area contributed by atoms with Crippen molar-refractivity contribution < 1.29 is 4.42 Å². The fourth-order valence-electron chi connectivity index (χ4n) is 3.13. The lowest BCUT2D eigenvalue weighted by atomic mass is 10.1. The Bertz CT molecular complexity index is 1370. The van der Waals surface area contributed by atoms with Crippen LogP contribution < -0.4 is 5.56 Å². The number of fused-ring (bicyclic) bond motifs is 2. The van der Waals surface area contributed by atoms with Crippen LogP contribution in [0.2, 0.25) is 0 Å². The Kier molecular flexibility index (Phi) is 3.36. The highest BCUT2D eigenvalue weighted by Gasteiger charge is 2.16. The number of hydrogen-bond acceptors (Lipinski definition) is 5. The molecule has 6 nitrogen and oxygen atoms in total. The van der Waals surface area contributed by atoms with Crippen LogP contribution in [0.15, 0.2) is 70.0 Å². The number of aromatic amines is 1. The molecule has 0 aliphatic heterocycles. The molecule has 4 aromatic heterocycles. The summed E-state index contributed by atoms with van der Waals surface area (Å²) in [4.78, 5) is 28.2.